The molecule has 1 amide bonds. The maximum absolute atomic E-state index is 12.4. The van der Waals surface area contributed by atoms with Crippen LogP contribution in [0.1, 0.15) is 4.88 Å². The molecule has 0 aliphatic carbocycles. The molecule has 1 aromatic carbocycles. The summed E-state index contributed by atoms with van der Waals surface area (Å²) in [5, 5.41) is 3.69. The number of alkyl halides is 3. The minimum absolute atomic E-state index is 0.0587. The number of carbonyl (C=O) groups is 1. The highest BCUT2D eigenvalue weighted by atomic mass is 35.5. The number of hydrogen-bond acceptors (Lipinski definition) is 4. The van der Waals surface area contributed by atoms with Crippen LogP contribution >= 0.6 is 35.6 Å². The Bertz CT molecular complexity index is 688. The minimum atomic E-state index is -5.00. The number of rotatable bonds is 4. The number of thiophene rings is 1. The molecule has 0 spiro atoms. The summed E-state index contributed by atoms with van der Waals surface area (Å²) in [6.07, 6.45) is -5.00. The first-order chi connectivity index (χ1) is 10.3. The van der Waals surface area contributed by atoms with E-state index in [1.54, 1.807) is 16.8 Å². The van der Waals surface area contributed by atoms with Gasteiger partial charge in [0.25, 0.3) is 0 Å². The van der Waals surface area contributed by atoms with Gasteiger partial charge in [-0.3, -0.25) is 4.79 Å². The quantitative estimate of drug-likeness (QED) is 0.736. The first-order valence-corrected chi connectivity index (χ1v) is 7.73. The molecule has 1 N–H and O–H groups in total. The standard InChI is InChI=1S/C13H9ClF3NO2S2/c14-7-1-2-9(20-10-3-4-22-11(10)6-21)8(5-7)18-12(19)13(15,16)17/h1-5,21H,6H2,(H,18,19). The molecule has 0 aliphatic heterocycles. The van der Waals surface area contributed by atoms with Crippen molar-refractivity contribution in [2.45, 2.75) is 11.9 Å². The number of hydrogen-bond donors (Lipinski definition) is 2. The van der Waals surface area contributed by atoms with E-state index in [4.69, 9.17) is 16.3 Å². The largest absolute Gasteiger partial charge is 0.471 e. The van der Waals surface area contributed by atoms with Crippen molar-refractivity contribution in [3.63, 3.8) is 0 Å². The van der Waals surface area contributed by atoms with Crippen molar-refractivity contribution < 1.29 is 22.7 Å². The Hall–Kier alpha value is -1.38. The topological polar surface area (TPSA) is 38.3 Å². The van der Waals surface area contributed by atoms with Gasteiger partial charge >= 0.3 is 12.1 Å². The van der Waals surface area contributed by atoms with Gasteiger partial charge in [-0.1, -0.05) is 11.6 Å². The SMILES string of the molecule is O=C(Nc1cc(Cl)ccc1Oc1ccsc1CS)C(F)(F)F. The molecule has 22 heavy (non-hydrogen) atoms. The van der Waals surface area contributed by atoms with E-state index in [9.17, 15) is 18.0 Å². The average molecular weight is 368 g/mol. The monoisotopic (exact) mass is 367 g/mol. The maximum atomic E-state index is 12.4. The second-order valence-electron chi connectivity index (χ2n) is 4.06. The first kappa shape index (κ1) is 17.0. The molecule has 3 nitrogen and oxygen atoms in total. The summed E-state index contributed by atoms with van der Waals surface area (Å²) in [4.78, 5) is 11.9. The zero-order chi connectivity index (χ0) is 16.3. The molecule has 0 saturated carbocycles. The number of amides is 1. The van der Waals surface area contributed by atoms with Gasteiger partial charge in [0, 0.05) is 10.8 Å². The Kier molecular flexibility index (Phi) is 5.25. The smallest absolute Gasteiger partial charge is 0.454 e. The minimum Gasteiger partial charge on any atom is -0.454 e. The molecule has 1 aromatic heterocycles. The Morgan fingerprint density at radius 1 is 1.32 bits per heavy atom. The summed E-state index contributed by atoms with van der Waals surface area (Å²) < 4.78 is 42.7. The Morgan fingerprint density at radius 2 is 2.05 bits per heavy atom. The summed E-state index contributed by atoms with van der Waals surface area (Å²) in [7, 11) is 0. The normalized spacial score (nSPS) is 11.3. The number of ether oxygens (including phenoxy) is 1. The molecule has 0 atom stereocenters. The molecule has 0 unspecified atom stereocenters. The molecular formula is C13H9ClF3NO2S2. The third kappa shape index (κ3) is 4.08. The van der Waals surface area contributed by atoms with Crippen molar-refractivity contribution in [2.75, 3.05) is 5.32 Å². The van der Waals surface area contributed by atoms with Crippen LogP contribution in [0.2, 0.25) is 5.02 Å². The molecule has 9 heteroatoms. The van der Waals surface area contributed by atoms with Crippen LogP contribution in [0.25, 0.3) is 0 Å². The van der Waals surface area contributed by atoms with E-state index in [-0.39, 0.29) is 16.5 Å². The Balaban J connectivity index is 2.30. The van der Waals surface area contributed by atoms with Crippen LogP contribution in [0.5, 0.6) is 11.5 Å². The molecule has 1 heterocycles. The van der Waals surface area contributed by atoms with Crippen molar-refractivity contribution in [3.05, 3.63) is 39.5 Å². The molecule has 2 rings (SSSR count). The van der Waals surface area contributed by atoms with E-state index in [1.807, 2.05) is 0 Å². The van der Waals surface area contributed by atoms with Gasteiger partial charge in [0.15, 0.2) is 5.75 Å². The van der Waals surface area contributed by atoms with Gasteiger partial charge in [0.1, 0.15) is 5.75 Å². The average Bonchev–Trinajstić information content (AvgIpc) is 2.88. The highest BCUT2D eigenvalue weighted by molar-refractivity contribution is 7.79. The fourth-order valence-corrected chi connectivity index (χ4v) is 2.74. The lowest BCUT2D eigenvalue weighted by Crippen LogP contribution is -2.30. The summed E-state index contributed by atoms with van der Waals surface area (Å²) in [6.45, 7) is 0. The summed E-state index contributed by atoms with van der Waals surface area (Å²) >= 11 is 11.3. The summed E-state index contributed by atoms with van der Waals surface area (Å²) in [6, 6.07) is 5.69. The lowest BCUT2D eigenvalue weighted by molar-refractivity contribution is -0.167. The number of benzene rings is 1. The molecule has 0 saturated heterocycles. The third-order valence-corrected chi connectivity index (χ3v) is 4.18. The molecule has 0 radical (unpaired) electrons. The highest BCUT2D eigenvalue weighted by Gasteiger charge is 2.39. The van der Waals surface area contributed by atoms with Gasteiger partial charge in [-0.15, -0.1) is 11.3 Å². The Morgan fingerprint density at radius 3 is 2.68 bits per heavy atom. The number of nitrogens with one attached hydrogen (secondary N) is 1. The van der Waals surface area contributed by atoms with Crippen LogP contribution in [0, 0.1) is 0 Å². The fraction of sp³-hybridized carbons (Fsp3) is 0.154. The molecule has 2 aromatic rings. The van der Waals surface area contributed by atoms with E-state index in [1.165, 1.54) is 29.5 Å². The van der Waals surface area contributed by atoms with Crippen molar-refractivity contribution in [2.24, 2.45) is 0 Å². The van der Waals surface area contributed by atoms with Crippen molar-refractivity contribution in [1.82, 2.24) is 0 Å². The van der Waals surface area contributed by atoms with Crippen molar-refractivity contribution >= 4 is 47.2 Å². The number of anilines is 1. The van der Waals surface area contributed by atoms with E-state index >= 15 is 0 Å². The lowest BCUT2D eigenvalue weighted by atomic mass is 10.3. The van der Waals surface area contributed by atoms with Crippen LogP contribution in [0.4, 0.5) is 18.9 Å². The summed E-state index contributed by atoms with van der Waals surface area (Å²) in [5.41, 5.74) is -0.161. The van der Waals surface area contributed by atoms with Crippen LogP contribution in [-0.4, -0.2) is 12.1 Å². The molecular weight excluding hydrogens is 359 g/mol. The summed E-state index contributed by atoms with van der Waals surface area (Å²) in [5.74, 6) is -1.15. The van der Waals surface area contributed by atoms with Crippen molar-refractivity contribution in [1.29, 1.82) is 0 Å². The molecule has 0 aliphatic rings. The van der Waals surface area contributed by atoms with Gasteiger partial charge in [-0.25, -0.2) is 0 Å². The number of halogens is 4. The van der Waals surface area contributed by atoms with Crippen molar-refractivity contribution in [3.8, 4) is 11.5 Å². The second-order valence-corrected chi connectivity index (χ2v) is 5.81. The van der Waals surface area contributed by atoms with Crippen LogP contribution in [-0.2, 0) is 10.5 Å². The van der Waals surface area contributed by atoms with Crippen LogP contribution in [0.3, 0.4) is 0 Å². The maximum Gasteiger partial charge on any atom is 0.471 e. The van der Waals surface area contributed by atoms with Gasteiger partial charge < -0.3 is 10.1 Å². The molecule has 118 valence electrons. The van der Waals surface area contributed by atoms with Crippen LogP contribution < -0.4 is 10.1 Å². The molecule has 0 fully saturated rings. The second kappa shape index (κ2) is 6.80. The van der Waals surface area contributed by atoms with Gasteiger partial charge in [-0.05, 0) is 29.6 Å². The van der Waals surface area contributed by atoms with Crippen LogP contribution in [0.15, 0.2) is 29.6 Å². The zero-order valence-electron chi connectivity index (χ0n) is 10.8. The highest BCUT2D eigenvalue weighted by Crippen LogP contribution is 2.36. The fourth-order valence-electron chi connectivity index (χ4n) is 1.54. The molecule has 0 bridgehead atoms. The number of carbonyl (C=O) groups excluding carboxylic acids is 1. The zero-order valence-corrected chi connectivity index (χ0v) is 13.2. The van der Waals surface area contributed by atoms with Gasteiger partial charge in [0.2, 0.25) is 0 Å². The third-order valence-electron chi connectivity index (χ3n) is 2.52. The predicted octanol–water partition coefficient (Wildman–Crippen LogP) is 5.12. The van der Waals surface area contributed by atoms with E-state index in [2.05, 4.69) is 12.6 Å². The van der Waals surface area contributed by atoms with E-state index in [0.29, 0.717) is 11.5 Å². The first-order valence-electron chi connectivity index (χ1n) is 5.84. The Labute approximate surface area is 138 Å². The lowest BCUT2D eigenvalue weighted by Gasteiger charge is -2.13. The van der Waals surface area contributed by atoms with Gasteiger partial charge in [-0.2, -0.15) is 25.8 Å². The van der Waals surface area contributed by atoms with Gasteiger partial charge in [0.05, 0.1) is 10.6 Å². The predicted molar refractivity (Wildman–Crippen MR) is 83.2 cm³/mol. The number of thiol groups is 1. The van der Waals surface area contributed by atoms with E-state index < -0.39 is 12.1 Å². The van der Waals surface area contributed by atoms with E-state index in [0.717, 1.165) is 4.88 Å².